The van der Waals surface area contributed by atoms with Crippen LogP contribution >= 0.6 is 0 Å². The number of ether oxygens (including phenoxy) is 2. The fourth-order valence-corrected chi connectivity index (χ4v) is 2.27. The highest BCUT2D eigenvalue weighted by Gasteiger charge is 2.42. The lowest BCUT2D eigenvalue weighted by Crippen LogP contribution is -2.56. The minimum atomic E-state index is -0.879. The van der Waals surface area contributed by atoms with Gasteiger partial charge in [0, 0.05) is 0 Å². The number of carbonyl (C=O) groups excluding carboxylic acids is 2. The molecular formula is C13H23NO4. The van der Waals surface area contributed by atoms with Crippen molar-refractivity contribution in [3.63, 3.8) is 0 Å². The minimum Gasteiger partial charge on any atom is -0.467 e. The molecule has 0 aromatic heterocycles. The van der Waals surface area contributed by atoms with E-state index < -0.39 is 11.6 Å². The van der Waals surface area contributed by atoms with Gasteiger partial charge in [-0.1, -0.05) is 32.6 Å². The first-order valence-electron chi connectivity index (χ1n) is 6.68. The zero-order valence-corrected chi connectivity index (χ0v) is 11.3. The van der Waals surface area contributed by atoms with Gasteiger partial charge in [0.15, 0.2) is 0 Å². The standard InChI is InChI=1S/C13H23NO4/c1-3-4-10-18-12(16)14-13(11(15)17-2)8-6-5-7-9-13/h3-10H2,1-2H3,(H,14,16). The lowest BCUT2D eigenvalue weighted by Gasteiger charge is -2.34. The molecule has 0 aromatic carbocycles. The van der Waals surface area contributed by atoms with E-state index in [-0.39, 0.29) is 5.97 Å². The van der Waals surface area contributed by atoms with E-state index in [1.807, 2.05) is 6.92 Å². The largest absolute Gasteiger partial charge is 0.467 e. The van der Waals surface area contributed by atoms with E-state index in [0.29, 0.717) is 19.4 Å². The molecule has 1 saturated carbocycles. The smallest absolute Gasteiger partial charge is 0.408 e. The van der Waals surface area contributed by atoms with Crippen molar-refractivity contribution in [1.29, 1.82) is 0 Å². The number of amides is 1. The first kappa shape index (κ1) is 14.8. The second-order valence-electron chi connectivity index (χ2n) is 4.75. The van der Waals surface area contributed by atoms with Gasteiger partial charge in [0.1, 0.15) is 5.54 Å². The molecule has 18 heavy (non-hydrogen) atoms. The lowest BCUT2D eigenvalue weighted by molar-refractivity contribution is -0.149. The number of methoxy groups -OCH3 is 1. The number of carbonyl (C=O) groups is 2. The summed E-state index contributed by atoms with van der Waals surface area (Å²) in [6, 6.07) is 0. The molecule has 1 aliphatic rings. The Morgan fingerprint density at radius 2 is 1.89 bits per heavy atom. The fourth-order valence-electron chi connectivity index (χ4n) is 2.27. The molecular weight excluding hydrogens is 234 g/mol. The topological polar surface area (TPSA) is 64.6 Å². The summed E-state index contributed by atoms with van der Waals surface area (Å²) in [4.78, 5) is 23.5. The van der Waals surface area contributed by atoms with Gasteiger partial charge in [-0.25, -0.2) is 9.59 Å². The molecule has 0 aromatic rings. The Hall–Kier alpha value is -1.26. The van der Waals surface area contributed by atoms with Crippen molar-refractivity contribution in [3.05, 3.63) is 0 Å². The highest BCUT2D eigenvalue weighted by molar-refractivity contribution is 5.85. The van der Waals surface area contributed by atoms with E-state index in [4.69, 9.17) is 9.47 Å². The van der Waals surface area contributed by atoms with Crippen LogP contribution in [0.15, 0.2) is 0 Å². The van der Waals surface area contributed by atoms with E-state index in [1.54, 1.807) is 0 Å². The van der Waals surface area contributed by atoms with Crippen molar-refractivity contribution >= 4 is 12.1 Å². The van der Waals surface area contributed by atoms with Crippen molar-refractivity contribution in [1.82, 2.24) is 5.32 Å². The molecule has 1 amide bonds. The third-order valence-electron chi connectivity index (χ3n) is 3.36. The molecule has 1 rings (SSSR count). The molecule has 0 heterocycles. The Balaban J connectivity index is 2.55. The highest BCUT2D eigenvalue weighted by Crippen LogP contribution is 2.29. The van der Waals surface area contributed by atoms with Crippen LogP contribution in [0.25, 0.3) is 0 Å². The molecule has 1 aliphatic carbocycles. The Morgan fingerprint density at radius 1 is 1.22 bits per heavy atom. The zero-order valence-electron chi connectivity index (χ0n) is 11.3. The first-order chi connectivity index (χ1) is 8.64. The van der Waals surface area contributed by atoms with Gasteiger partial charge >= 0.3 is 12.1 Å². The van der Waals surface area contributed by atoms with Crippen molar-refractivity contribution < 1.29 is 19.1 Å². The number of esters is 1. The van der Waals surface area contributed by atoms with Crippen molar-refractivity contribution in [2.24, 2.45) is 0 Å². The zero-order chi connectivity index (χ0) is 13.4. The second-order valence-corrected chi connectivity index (χ2v) is 4.75. The summed E-state index contributed by atoms with van der Waals surface area (Å²) in [5, 5.41) is 2.71. The number of nitrogens with one attached hydrogen (secondary N) is 1. The SMILES string of the molecule is CCCCOC(=O)NC1(C(=O)OC)CCCCC1. The molecule has 0 saturated heterocycles. The van der Waals surface area contributed by atoms with Gasteiger partial charge in [-0.3, -0.25) is 0 Å². The minimum absolute atomic E-state index is 0.366. The molecule has 0 bridgehead atoms. The van der Waals surface area contributed by atoms with Crippen molar-refractivity contribution in [2.75, 3.05) is 13.7 Å². The van der Waals surface area contributed by atoms with E-state index >= 15 is 0 Å². The maximum Gasteiger partial charge on any atom is 0.408 e. The quantitative estimate of drug-likeness (QED) is 0.606. The average Bonchev–Trinajstić information content (AvgIpc) is 2.39. The molecule has 0 unspecified atom stereocenters. The predicted octanol–water partition coefficient (Wildman–Crippen LogP) is 2.39. The van der Waals surface area contributed by atoms with E-state index in [0.717, 1.165) is 32.1 Å². The van der Waals surface area contributed by atoms with Crippen LogP contribution in [-0.2, 0) is 14.3 Å². The van der Waals surface area contributed by atoms with Crippen LogP contribution in [-0.4, -0.2) is 31.3 Å². The van der Waals surface area contributed by atoms with Crippen LogP contribution in [0.1, 0.15) is 51.9 Å². The summed E-state index contributed by atoms with van der Waals surface area (Å²) in [6.45, 7) is 2.41. The predicted molar refractivity (Wildman–Crippen MR) is 67.2 cm³/mol. The summed E-state index contributed by atoms with van der Waals surface area (Å²) in [6.07, 6.45) is 5.47. The van der Waals surface area contributed by atoms with E-state index in [2.05, 4.69) is 5.32 Å². The Kier molecular flexibility index (Phi) is 5.95. The normalized spacial score (nSPS) is 17.9. The molecule has 0 atom stereocenters. The van der Waals surface area contributed by atoms with Crippen molar-refractivity contribution in [3.8, 4) is 0 Å². The van der Waals surface area contributed by atoms with Crippen LogP contribution < -0.4 is 5.32 Å². The van der Waals surface area contributed by atoms with E-state index in [9.17, 15) is 9.59 Å². The second kappa shape index (κ2) is 7.24. The van der Waals surface area contributed by atoms with Gasteiger partial charge in [-0.2, -0.15) is 0 Å². The number of alkyl carbamates (subject to hydrolysis) is 1. The molecule has 1 fully saturated rings. The summed E-state index contributed by atoms with van der Waals surface area (Å²) < 4.78 is 9.86. The number of unbranched alkanes of at least 4 members (excludes halogenated alkanes) is 1. The molecule has 0 spiro atoms. The van der Waals surface area contributed by atoms with Gasteiger partial charge < -0.3 is 14.8 Å². The van der Waals surface area contributed by atoms with Crippen LogP contribution in [0.3, 0.4) is 0 Å². The first-order valence-corrected chi connectivity index (χ1v) is 6.68. The van der Waals surface area contributed by atoms with Gasteiger partial charge in [0.25, 0.3) is 0 Å². The van der Waals surface area contributed by atoms with Crippen LogP contribution in [0.5, 0.6) is 0 Å². The molecule has 0 radical (unpaired) electrons. The van der Waals surface area contributed by atoms with Crippen molar-refractivity contribution in [2.45, 2.75) is 57.4 Å². The highest BCUT2D eigenvalue weighted by atomic mass is 16.6. The Morgan fingerprint density at radius 3 is 2.44 bits per heavy atom. The maximum absolute atomic E-state index is 11.9. The Labute approximate surface area is 108 Å². The molecule has 5 nitrogen and oxygen atoms in total. The maximum atomic E-state index is 11.9. The average molecular weight is 257 g/mol. The van der Waals surface area contributed by atoms with Gasteiger partial charge in [-0.15, -0.1) is 0 Å². The molecule has 5 heteroatoms. The number of rotatable bonds is 5. The third-order valence-corrected chi connectivity index (χ3v) is 3.36. The number of hydrogen-bond donors (Lipinski definition) is 1. The van der Waals surface area contributed by atoms with Crippen LogP contribution in [0, 0.1) is 0 Å². The van der Waals surface area contributed by atoms with Gasteiger partial charge in [0.2, 0.25) is 0 Å². The third kappa shape index (κ3) is 3.89. The molecule has 104 valence electrons. The Bertz CT molecular complexity index is 285. The lowest BCUT2D eigenvalue weighted by atomic mass is 9.82. The summed E-state index contributed by atoms with van der Waals surface area (Å²) in [5.74, 6) is -0.366. The summed E-state index contributed by atoms with van der Waals surface area (Å²) in [7, 11) is 1.35. The monoisotopic (exact) mass is 257 g/mol. The van der Waals surface area contributed by atoms with Crippen LogP contribution in [0.2, 0.25) is 0 Å². The molecule has 0 aliphatic heterocycles. The fraction of sp³-hybridized carbons (Fsp3) is 0.846. The summed E-state index contributed by atoms with van der Waals surface area (Å²) in [5.41, 5.74) is -0.879. The number of hydrogen-bond acceptors (Lipinski definition) is 4. The van der Waals surface area contributed by atoms with Gasteiger partial charge in [-0.05, 0) is 19.3 Å². The van der Waals surface area contributed by atoms with Crippen LogP contribution in [0.4, 0.5) is 4.79 Å². The van der Waals surface area contributed by atoms with Gasteiger partial charge in [0.05, 0.1) is 13.7 Å². The summed E-state index contributed by atoms with van der Waals surface area (Å²) >= 11 is 0. The van der Waals surface area contributed by atoms with E-state index in [1.165, 1.54) is 7.11 Å². The molecule has 1 N–H and O–H groups in total.